The third-order valence-electron chi connectivity index (χ3n) is 5.49. The molecule has 2 aliphatic rings. The number of hydrogen-bond acceptors (Lipinski definition) is 4. The summed E-state index contributed by atoms with van der Waals surface area (Å²) in [5, 5.41) is 4.13. The maximum Gasteiger partial charge on any atom is 0.240 e. The molecule has 2 atom stereocenters. The summed E-state index contributed by atoms with van der Waals surface area (Å²) in [5.41, 5.74) is 4.70. The van der Waals surface area contributed by atoms with Gasteiger partial charge in [-0.05, 0) is 43.9 Å². The van der Waals surface area contributed by atoms with Gasteiger partial charge in [0.1, 0.15) is 0 Å². The minimum atomic E-state index is -0.146. The van der Waals surface area contributed by atoms with Gasteiger partial charge < -0.3 is 0 Å². The van der Waals surface area contributed by atoms with Crippen LogP contribution >= 0.6 is 0 Å². The van der Waals surface area contributed by atoms with Gasteiger partial charge in [-0.25, -0.2) is 5.43 Å². The monoisotopic (exact) mass is 369 g/mol. The Morgan fingerprint density at radius 1 is 1.11 bits per heavy atom. The van der Waals surface area contributed by atoms with Gasteiger partial charge in [0.15, 0.2) is 0 Å². The van der Waals surface area contributed by atoms with Crippen molar-refractivity contribution in [2.75, 3.05) is 4.90 Å². The molecule has 0 unspecified atom stereocenters. The van der Waals surface area contributed by atoms with E-state index in [4.69, 9.17) is 0 Å². The van der Waals surface area contributed by atoms with Gasteiger partial charge in [-0.2, -0.15) is 5.10 Å². The summed E-state index contributed by atoms with van der Waals surface area (Å²) in [7, 11) is 0. The lowest BCUT2D eigenvalue weighted by molar-refractivity contribution is -0.123. The van der Waals surface area contributed by atoms with E-state index in [0.717, 1.165) is 44.1 Å². The van der Waals surface area contributed by atoms with Gasteiger partial charge in [-0.1, -0.05) is 38.3 Å². The van der Waals surface area contributed by atoms with E-state index in [1.165, 1.54) is 4.90 Å². The Morgan fingerprint density at radius 3 is 2.26 bits per heavy atom. The number of amides is 3. The molecule has 3 amide bonds. The molecule has 27 heavy (non-hydrogen) atoms. The number of benzene rings is 1. The van der Waals surface area contributed by atoms with Gasteiger partial charge in [0.25, 0.3) is 0 Å². The molecule has 2 fully saturated rings. The van der Waals surface area contributed by atoms with Gasteiger partial charge in [0.2, 0.25) is 17.7 Å². The second-order valence-electron chi connectivity index (χ2n) is 7.39. The summed E-state index contributed by atoms with van der Waals surface area (Å²) in [6.45, 7) is 3.85. The van der Waals surface area contributed by atoms with E-state index in [9.17, 15) is 14.4 Å². The Morgan fingerprint density at radius 2 is 1.70 bits per heavy atom. The van der Waals surface area contributed by atoms with Crippen LogP contribution in [0.3, 0.4) is 0 Å². The van der Waals surface area contributed by atoms with Gasteiger partial charge >= 0.3 is 0 Å². The topological polar surface area (TPSA) is 78.8 Å². The second kappa shape index (κ2) is 8.46. The number of nitrogens with one attached hydrogen (secondary N) is 1. The summed E-state index contributed by atoms with van der Waals surface area (Å²) in [4.78, 5) is 38.3. The first-order chi connectivity index (χ1) is 13.0. The molecule has 1 saturated carbocycles. The van der Waals surface area contributed by atoms with E-state index < -0.39 is 0 Å². The average Bonchev–Trinajstić information content (AvgIpc) is 2.95. The fourth-order valence-corrected chi connectivity index (χ4v) is 3.87. The highest BCUT2D eigenvalue weighted by molar-refractivity contribution is 6.22. The predicted octanol–water partition coefficient (Wildman–Crippen LogP) is 3.40. The zero-order chi connectivity index (χ0) is 19.4. The standard InChI is InChI=1S/C21H27N3O3/c1-3-4-9-19(25)23-22-14(2)15-10-12-16(13-11-15)24-20(26)17-7-5-6-8-18(17)21(24)27/h10-13,17-18H,3-9H2,1-2H3,(H,23,25)/b22-14+/t17-,18+. The zero-order valence-electron chi connectivity index (χ0n) is 16.0. The summed E-state index contributed by atoms with van der Waals surface area (Å²) < 4.78 is 0. The van der Waals surface area contributed by atoms with Crippen molar-refractivity contribution in [3.8, 4) is 0 Å². The molecule has 1 saturated heterocycles. The summed E-state index contributed by atoms with van der Waals surface area (Å²) in [5.74, 6) is -0.513. The lowest BCUT2D eigenvalue weighted by atomic mass is 9.81. The molecule has 0 spiro atoms. The molecule has 1 aliphatic carbocycles. The molecule has 1 aromatic rings. The SMILES string of the molecule is CCCCC(=O)N/N=C(\C)c1ccc(N2C(=O)[C@H]3CCCC[C@H]3C2=O)cc1. The molecule has 0 aromatic heterocycles. The molecule has 1 aromatic carbocycles. The quantitative estimate of drug-likeness (QED) is 0.474. The zero-order valence-corrected chi connectivity index (χ0v) is 16.0. The smallest absolute Gasteiger partial charge is 0.240 e. The molecule has 6 heteroatoms. The van der Waals surface area contributed by atoms with Crippen molar-refractivity contribution < 1.29 is 14.4 Å². The van der Waals surface area contributed by atoms with Gasteiger partial charge in [0, 0.05) is 6.42 Å². The van der Waals surface area contributed by atoms with Crippen molar-refractivity contribution in [3.05, 3.63) is 29.8 Å². The van der Waals surface area contributed by atoms with Crippen LogP contribution in [0, 0.1) is 11.8 Å². The minimum Gasteiger partial charge on any atom is -0.274 e. The number of carbonyl (C=O) groups excluding carboxylic acids is 3. The number of hydrazone groups is 1. The van der Waals surface area contributed by atoms with E-state index in [0.29, 0.717) is 17.8 Å². The first-order valence-corrected chi connectivity index (χ1v) is 9.84. The molecule has 144 valence electrons. The molecule has 6 nitrogen and oxygen atoms in total. The Bertz CT molecular complexity index is 730. The summed E-state index contributed by atoms with van der Waals surface area (Å²) >= 11 is 0. The molecular weight excluding hydrogens is 342 g/mol. The van der Waals surface area contributed by atoms with Gasteiger partial charge in [-0.15, -0.1) is 0 Å². The fourth-order valence-electron chi connectivity index (χ4n) is 3.87. The first-order valence-electron chi connectivity index (χ1n) is 9.84. The van der Waals surface area contributed by atoms with Crippen LogP contribution in [0.2, 0.25) is 0 Å². The van der Waals surface area contributed by atoms with Crippen molar-refractivity contribution in [1.29, 1.82) is 0 Å². The molecule has 0 bridgehead atoms. The third-order valence-corrected chi connectivity index (χ3v) is 5.49. The lowest BCUT2D eigenvalue weighted by Crippen LogP contribution is -2.30. The third kappa shape index (κ3) is 4.10. The number of imide groups is 1. The van der Waals surface area contributed by atoms with Crippen LogP contribution in [0.1, 0.15) is 64.4 Å². The first kappa shape index (κ1) is 19.3. The van der Waals surface area contributed by atoms with Crippen molar-refractivity contribution >= 4 is 29.1 Å². The van der Waals surface area contributed by atoms with Crippen molar-refractivity contribution in [2.24, 2.45) is 16.9 Å². The molecule has 0 radical (unpaired) electrons. The number of hydrogen-bond donors (Lipinski definition) is 1. The van der Waals surface area contributed by atoms with Crippen LogP contribution in [0.25, 0.3) is 0 Å². The minimum absolute atomic E-state index is 0.0639. The highest BCUT2D eigenvalue weighted by Gasteiger charge is 2.48. The number of anilines is 1. The molecular formula is C21H27N3O3. The number of carbonyl (C=O) groups is 3. The molecule has 1 aliphatic heterocycles. The molecule has 1 N–H and O–H groups in total. The predicted molar refractivity (Wildman–Crippen MR) is 104 cm³/mol. The maximum atomic E-state index is 12.7. The van der Waals surface area contributed by atoms with Crippen LogP contribution in [-0.4, -0.2) is 23.4 Å². The van der Waals surface area contributed by atoms with Crippen LogP contribution in [0.15, 0.2) is 29.4 Å². The molecule has 3 rings (SSSR count). The van der Waals surface area contributed by atoms with E-state index in [1.807, 2.05) is 26.0 Å². The summed E-state index contributed by atoms with van der Waals surface area (Å²) in [6, 6.07) is 7.21. The van der Waals surface area contributed by atoms with Gasteiger partial charge in [-0.3, -0.25) is 19.3 Å². The largest absolute Gasteiger partial charge is 0.274 e. The Labute approximate surface area is 160 Å². The normalized spacial score (nSPS) is 22.7. The Hall–Kier alpha value is -2.50. The number of rotatable bonds is 6. The average molecular weight is 369 g/mol. The highest BCUT2D eigenvalue weighted by atomic mass is 16.2. The highest BCUT2D eigenvalue weighted by Crippen LogP contribution is 2.40. The number of nitrogens with zero attached hydrogens (tertiary/aromatic N) is 2. The summed E-state index contributed by atoms with van der Waals surface area (Å²) in [6.07, 6.45) is 5.94. The van der Waals surface area contributed by atoms with Crippen molar-refractivity contribution in [1.82, 2.24) is 5.43 Å². The molecule has 1 heterocycles. The Kier molecular flexibility index (Phi) is 6.04. The van der Waals surface area contributed by atoms with E-state index in [-0.39, 0.29) is 29.6 Å². The van der Waals surface area contributed by atoms with Crippen LogP contribution in [0.4, 0.5) is 5.69 Å². The van der Waals surface area contributed by atoms with Crippen molar-refractivity contribution in [3.63, 3.8) is 0 Å². The van der Waals surface area contributed by atoms with Gasteiger partial charge in [0.05, 0.1) is 23.2 Å². The van der Waals surface area contributed by atoms with Crippen LogP contribution in [0.5, 0.6) is 0 Å². The lowest BCUT2D eigenvalue weighted by Gasteiger charge is -2.19. The van der Waals surface area contributed by atoms with E-state index in [1.54, 1.807) is 12.1 Å². The Balaban J connectivity index is 1.69. The number of unbranched alkanes of at least 4 members (excludes halogenated alkanes) is 1. The second-order valence-corrected chi connectivity index (χ2v) is 7.39. The number of fused-ring (bicyclic) bond motifs is 1. The van der Waals surface area contributed by atoms with E-state index >= 15 is 0 Å². The maximum absolute atomic E-state index is 12.7. The van der Waals surface area contributed by atoms with Crippen LogP contribution in [-0.2, 0) is 14.4 Å². The van der Waals surface area contributed by atoms with E-state index in [2.05, 4.69) is 10.5 Å². The van der Waals surface area contributed by atoms with Crippen LogP contribution < -0.4 is 10.3 Å². The van der Waals surface area contributed by atoms with Crippen molar-refractivity contribution in [2.45, 2.75) is 58.8 Å². The fraction of sp³-hybridized carbons (Fsp3) is 0.524.